The van der Waals surface area contributed by atoms with Crippen molar-refractivity contribution in [2.24, 2.45) is 11.7 Å². The number of halogens is 2. The van der Waals surface area contributed by atoms with Gasteiger partial charge in [-0.15, -0.1) is 0 Å². The summed E-state index contributed by atoms with van der Waals surface area (Å²) in [6.45, 7) is 0.591. The predicted molar refractivity (Wildman–Crippen MR) is 72.3 cm³/mol. The molecule has 0 heterocycles. The van der Waals surface area contributed by atoms with E-state index in [1.807, 2.05) is 0 Å². The van der Waals surface area contributed by atoms with Crippen molar-refractivity contribution in [2.45, 2.75) is 24.3 Å². The van der Waals surface area contributed by atoms with Gasteiger partial charge in [-0.25, -0.2) is 13.1 Å². The summed E-state index contributed by atoms with van der Waals surface area (Å²) in [7, 11) is -3.62. The normalized spacial score (nSPS) is 15.9. The Morgan fingerprint density at radius 1 is 1.33 bits per heavy atom. The van der Waals surface area contributed by atoms with Gasteiger partial charge in [-0.2, -0.15) is 0 Å². The van der Waals surface area contributed by atoms with Gasteiger partial charge in [0.2, 0.25) is 10.0 Å². The first-order chi connectivity index (χ1) is 8.44. The van der Waals surface area contributed by atoms with E-state index in [1.165, 1.54) is 6.07 Å². The molecule has 2 rings (SSSR count). The number of benzene rings is 1. The third-order valence-corrected chi connectivity index (χ3v) is 5.07. The maximum absolute atomic E-state index is 12.1. The molecule has 1 aliphatic rings. The number of sulfonamides is 1. The second-order valence-electron chi connectivity index (χ2n) is 4.38. The van der Waals surface area contributed by atoms with Crippen LogP contribution in [-0.4, -0.2) is 15.0 Å². The molecule has 1 aromatic rings. The van der Waals surface area contributed by atoms with Crippen molar-refractivity contribution in [3.8, 4) is 0 Å². The molecule has 4 nitrogen and oxygen atoms in total. The maximum Gasteiger partial charge on any atom is 0.242 e. The summed E-state index contributed by atoms with van der Waals surface area (Å²) in [5, 5.41) is 0.455. The molecule has 0 bridgehead atoms. The van der Waals surface area contributed by atoms with Gasteiger partial charge < -0.3 is 5.73 Å². The first-order valence-corrected chi connectivity index (χ1v) is 7.85. The van der Waals surface area contributed by atoms with Crippen molar-refractivity contribution >= 4 is 33.2 Å². The summed E-state index contributed by atoms with van der Waals surface area (Å²) in [6.07, 6.45) is 2.14. The number of rotatable bonds is 5. The van der Waals surface area contributed by atoms with Crippen LogP contribution in [-0.2, 0) is 16.6 Å². The van der Waals surface area contributed by atoms with Gasteiger partial charge in [-0.3, -0.25) is 0 Å². The lowest BCUT2D eigenvalue weighted by Gasteiger charge is -2.11. The fourth-order valence-corrected chi connectivity index (χ4v) is 3.65. The monoisotopic (exact) mass is 308 g/mol. The van der Waals surface area contributed by atoms with Crippen LogP contribution < -0.4 is 10.5 Å². The quantitative estimate of drug-likeness (QED) is 0.875. The van der Waals surface area contributed by atoms with Crippen LogP contribution in [0.2, 0.25) is 10.0 Å². The standard InChI is InChI=1S/C11H14Cl2N2O2S/c12-9-3-8(5-14)11(13)10(4-9)18(16,17)15-6-7-1-2-7/h3-4,7,15H,1-2,5-6,14H2. The van der Waals surface area contributed by atoms with E-state index >= 15 is 0 Å². The summed E-state index contributed by atoms with van der Waals surface area (Å²) in [6, 6.07) is 2.92. The van der Waals surface area contributed by atoms with Gasteiger partial charge in [-0.1, -0.05) is 23.2 Å². The van der Waals surface area contributed by atoms with E-state index < -0.39 is 10.0 Å². The van der Waals surface area contributed by atoms with Crippen molar-refractivity contribution < 1.29 is 8.42 Å². The first kappa shape index (κ1) is 14.1. The predicted octanol–water partition coefficient (Wildman–Crippen LogP) is 2.14. The molecule has 0 spiro atoms. The maximum atomic E-state index is 12.1. The average Bonchev–Trinajstić information content (AvgIpc) is 3.13. The second-order valence-corrected chi connectivity index (χ2v) is 6.93. The van der Waals surface area contributed by atoms with Gasteiger partial charge >= 0.3 is 0 Å². The molecule has 1 fully saturated rings. The highest BCUT2D eigenvalue weighted by Crippen LogP contribution is 2.31. The molecule has 0 unspecified atom stereocenters. The van der Waals surface area contributed by atoms with Gasteiger partial charge in [0.15, 0.2) is 0 Å². The van der Waals surface area contributed by atoms with Gasteiger partial charge in [0, 0.05) is 18.1 Å². The van der Waals surface area contributed by atoms with Gasteiger partial charge in [0.1, 0.15) is 4.90 Å². The molecule has 18 heavy (non-hydrogen) atoms. The molecule has 1 aromatic carbocycles. The number of nitrogens with two attached hydrogens (primary N) is 1. The third kappa shape index (κ3) is 3.16. The molecule has 0 saturated heterocycles. The fraction of sp³-hybridized carbons (Fsp3) is 0.455. The van der Waals surface area contributed by atoms with Crippen LogP contribution in [0.3, 0.4) is 0 Å². The summed E-state index contributed by atoms with van der Waals surface area (Å²) in [4.78, 5) is -0.00207. The van der Waals surface area contributed by atoms with Crippen molar-refractivity contribution in [3.05, 3.63) is 27.7 Å². The molecule has 0 radical (unpaired) electrons. The Balaban J connectivity index is 2.32. The Bertz CT molecular complexity index is 556. The van der Waals surface area contributed by atoms with Crippen LogP contribution in [0.15, 0.2) is 17.0 Å². The number of hydrogen-bond acceptors (Lipinski definition) is 3. The zero-order valence-corrected chi connectivity index (χ0v) is 11.9. The van der Waals surface area contributed by atoms with Crippen molar-refractivity contribution in [1.82, 2.24) is 4.72 Å². The molecule has 1 saturated carbocycles. The molecule has 0 aliphatic heterocycles. The summed E-state index contributed by atoms with van der Waals surface area (Å²) < 4.78 is 26.8. The van der Waals surface area contributed by atoms with E-state index in [0.29, 0.717) is 23.0 Å². The van der Waals surface area contributed by atoms with Crippen LogP contribution in [0.5, 0.6) is 0 Å². The molecule has 0 amide bonds. The zero-order chi connectivity index (χ0) is 13.3. The molecule has 0 atom stereocenters. The van der Waals surface area contributed by atoms with E-state index in [0.717, 1.165) is 12.8 Å². The number of nitrogens with one attached hydrogen (secondary N) is 1. The highest BCUT2D eigenvalue weighted by atomic mass is 35.5. The summed E-state index contributed by atoms with van der Waals surface area (Å²) in [5.41, 5.74) is 6.03. The third-order valence-electron chi connectivity index (χ3n) is 2.85. The Kier molecular flexibility index (Phi) is 4.18. The summed E-state index contributed by atoms with van der Waals surface area (Å²) >= 11 is 11.9. The van der Waals surface area contributed by atoms with Crippen LogP contribution in [0.25, 0.3) is 0 Å². The van der Waals surface area contributed by atoms with Gasteiger partial charge in [-0.05, 0) is 36.5 Å². The largest absolute Gasteiger partial charge is 0.326 e. The van der Waals surface area contributed by atoms with Crippen molar-refractivity contribution in [2.75, 3.05) is 6.54 Å². The molecule has 1 aliphatic carbocycles. The Morgan fingerprint density at radius 3 is 2.56 bits per heavy atom. The van der Waals surface area contributed by atoms with E-state index in [4.69, 9.17) is 28.9 Å². The van der Waals surface area contributed by atoms with Crippen LogP contribution >= 0.6 is 23.2 Å². The minimum atomic E-state index is -3.62. The zero-order valence-electron chi connectivity index (χ0n) is 9.62. The lowest BCUT2D eigenvalue weighted by molar-refractivity contribution is 0.577. The van der Waals surface area contributed by atoms with Crippen LogP contribution in [0.1, 0.15) is 18.4 Å². The topological polar surface area (TPSA) is 72.2 Å². The van der Waals surface area contributed by atoms with E-state index in [9.17, 15) is 8.42 Å². The Hall–Kier alpha value is -0.330. The lowest BCUT2D eigenvalue weighted by atomic mass is 10.2. The van der Waals surface area contributed by atoms with Gasteiger partial charge in [0.25, 0.3) is 0 Å². The minimum absolute atomic E-state index is 0.00207. The van der Waals surface area contributed by atoms with Crippen molar-refractivity contribution in [3.63, 3.8) is 0 Å². The Labute approximate surface area is 117 Å². The first-order valence-electron chi connectivity index (χ1n) is 5.61. The molecule has 0 aromatic heterocycles. The molecule has 7 heteroatoms. The highest BCUT2D eigenvalue weighted by Gasteiger charge is 2.26. The smallest absolute Gasteiger partial charge is 0.242 e. The van der Waals surface area contributed by atoms with Crippen LogP contribution in [0.4, 0.5) is 0 Å². The van der Waals surface area contributed by atoms with Crippen LogP contribution in [0, 0.1) is 5.92 Å². The van der Waals surface area contributed by atoms with E-state index in [2.05, 4.69) is 4.72 Å². The van der Waals surface area contributed by atoms with Crippen molar-refractivity contribution in [1.29, 1.82) is 0 Å². The molecular weight excluding hydrogens is 295 g/mol. The Morgan fingerprint density at radius 2 is 2.00 bits per heavy atom. The summed E-state index contributed by atoms with van der Waals surface area (Å²) in [5.74, 6) is 0.451. The average molecular weight is 309 g/mol. The molecule has 100 valence electrons. The lowest BCUT2D eigenvalue weighted by Crippen LogP contribution is -2.26. The van der Waals surface area contributed by atoms with E-state index in [1.54, 1.807) is 6.07 Å². The molecule has 3 N–H and O–H groups in total. The molecular formula is C11H14Cl2N2O2S. The highest BCUT2D eigenvalue weighted by molar-refractivity contribution is 7.89. The van der Waals surface area contributed by atoms with E-state index in [-0.39, 0.29) is 16.5 Å². The SMILES string of the molecule is NCc1cc(Cl)cc(S(=O)(=O)NCC2CC2)c1Cl. The fourth-order valence-electron chi connectivity index (χ4n) is 1.59. The second kappa shape index (κ2) is 5.35. The van der Waals surface area contributed by atoms with Gasteiger partial charge in [0.05, 0.1) is 5.02 Å². The minimum Gasteiger partial charge on any atom is -0.326 e. The number of hydrogen-bond donors (Lipinski definition) is 2.